The molecule has 0 rings (SSSR count). The van der Waals surface area contributed by atoms with Crippen molar-refractivity contribution in [3.63, 3.8) is 0 Å². The standard InChI is InChI=1S/C27H49NO6/c1-2-3-4-5-6-7-8-9-10-11-12-13-14-15-16-17-18-19-20-21-28(22-25(29)30,23-26(31)32)24-27(33)34/h8-9H,2-7,10-24H2,1H3,(H2-,29,30,31,32,33,34)/b9-8+. The molecule has 0 aromatic rings. The maximum Gasteiger partial charge on any atom is 0.359 e. The first-order valence-electron chi connectivity index (χ1n) is 13.4. The van der Waals surface area contributed by atoms with Gasteiger partial charge in [-0.3, -0.25) is 0 Å². The van der Waals surface area contributed by atoms with Gasteiger partial charge < -0.3 is 24.6 Å². The quantitative estimate of drug-likeness (QED) is 0.108. The molecule has 198 valence electrons. The molecule has 0 aromatic heterocycles. The number of carboxylic acids is 3. The molecular weight excluding hydrogens is 434 g/mol. The summed E-state index contributed by atoms with van der Waals surface area (Å²) in [5, 5.41) is 29.3. The van der Waals surface area contributed by atoms with Gasteiger partial charge in [0.15, 0.2) is 13.1 Å². The Hall–Kier alpha value is -1.89. The van der Waals surface area contributed by atoms with Crippen molar-refractivity contribution >= 4 is 17.9 Å². The van der Waals surface area contributed by atoms with E-state index in [0.717, 1.165) is 19.3 Å². The van der Waals surface area contributed by atoms with Gasteiger partial charge in [-0.15, -0.1) is 0 Å². The second kappa shape index (κ2) is 21.6. The SMILES string of the molecule is CCCCCCC/C=C/CCCCCCCCCCCC[N+](CC(=O)[O-])(CC(=O)O)CC(=O)O. The predicted octanol–water partition coefficient (Wildman–Crippen LogP) is 4.93. The molecule has 0 bridgehead atoms. The average molecular weight is 484 g/mol. The van der Waals surface area contributed by atoms with Crippen LogP contribution in [0.3, 0.4) is 0 Å². The Balaban J connectivity index is 3.76. The fourth-order valence-electron chi connectivity index (χ4n) is 4.48. The van der Waals surface area contributed by atoms with Gasteiger partial charge in [0.2, 0.25) is 0 Å². The monoisotopic (exact) mass is 483 g/mol. The van der Waals surface area contributed by atoms with Gasteiger partial charge in [-0.1, -0.05) is 89.7 Å². The Morgan fingerprint density at radius 2 is 1.00 bits per heavy atom. The number of rotatable bonds is 25. The van der Waals surface area contributed by atoms with Gasteiger partial charge in [0.05, 0.1) is 12.5 Å². The molecule has 34 heavy (non-hydrogen) atoms. The molecular formula is C27H49NO6. The van der Waals surface area contributed by atoms with Crippen molar-refractivity contribution in [2.24, 2.45) is 0 Å². The van der Waals surface area contributed by atoms with Crippen LogP contribution in [0.15, 0.2) is 12.2 Å². The number of carbonyl (C=O) groups is 3. The molecule has 0 saturated heterocycles. The van der Waals surface area contributed by atoms with Crippen molar-refractivity contribution in [1.82, 2.24) is 0 Å². The normalized spacial score (nSPS) is 11.8. The van der Waals surface area contributed by atoms with Crippen molar-refractivity contribution in [2.75, 3.05) is 26.2 Å². The highest BCUT2D eigenvalue weighted by molar-refractivity contribution is 5.72. The van der Waals surface area contributed by atoms with E-state index in [1.165, 1.54) is 83.5 Å². The van der Waals surface area contributed by atoms with Gasteiger partial charge in [-0.05, 0) is 38.5 Å². The zero-order chi connectivity index (χ0) is 25.5. The van der Waals surface area contributed by atoms with E-state index in [1.807, 2.05) is 0 Å². The van der Waals surface area contributed by atoms with Gasteiger partial charge in [0, 0.05) is 0 Å². The Kier molecular flexibility index (Phi) is 20.4. The maximum atomic E-state index is 11.2. The van der Waals surface area contributed by atoms with Crippen molar-refractivity contribution in [2.45, 2.75) is 116 Å². The summed E-state index contributed by atoms with van der Waals surface area (Å²) in [7, 11) is 0. The average Bonchev–Trinajstić information content (AvgIpc) is 2.73. The summed E-state index contributed by atoms with van der Waals surface area (Å²) in [4.78, 5) is 33.4. The molecule has 0 spiro atoms. The van der Waals surface area contributed by atoms with Crippen molar-refractivity contribution < 1.29 is 34.2 Å². The molecule has 0 fully saturated rings. The van der Waals surface area contributed by atoms with Crippen molar-refractivity contribution in [3.05, 3.63) is 12.2 Å². The van der Waals surface area contributed by atoms with Crippen LogP contribution in [0.2, 0.25) is 0 Å². The molecule has 0 aliphatic rings. The zero-order valence-electron chi connectivity index (χ0n) is 21.5. The first-order chi connectivity index (χ1) is 16.3. The number of quaternary nitrogens is 1. The number of aliphatic carboxylic acids is 3. The smallest absolute Gasteiger partial charge is 0.359 e. The van der Waals surface area contributed by atoms with E-state index in [4.69, 9.17) is 10.2 Å². The molecule has 0 aliphatic heterocycles. The van der Waals surface area contributed by atoms with Crippen LogP contribution in [0.4, 0.5) is 0 Å². The minimum atomic E-state index is -1.42. The Morgan fingerprint density at radius 3 is 1.38 bits per heavy atom. The number of carbonyl (C=O) groups excluding carboxylic acids is 1. The molecule has 0 atom stereocenters. The Bertz CT molecular complexity index is 535. The van der Waals surface area contributed by atoms with Crippen LogP contribution in [0.1, 0.15) is 116 Å². The van der Waals surface area contributed by atoms with E-state index < -0.39 is 42.0 Å². The molecule has 0 amide bonds. The molecule has 7 heteroatoms. The van der Waals surface area contributed by atoms with Crippen LogP contribution in [0.25, 0.3) is 0 Å². The minimum Gasteiger partial charge on any atom is -0.544 e. The maximum absolute atomic E-state index is 11.2. The highest BCUT2D eigenvalue weighted by Crippen LogP contribution is 2.15. The summed E-state index contributed by atoms with van der Waals surface area (Å²) in [5.74, 6) is -3.82. The topological polar surface area (TPSA) is 115 Å². The molecule has 0 radical (unpaired) electrons. The third-order valence-corrected chi connectivity index (χ3v) is 6.30. The molecule has 0 aliphatic carbocycles. The highest BCUT2D eigenvalue weighted by atomic mass is 16.4. The van der Waals surface area contributed by atoms with Crippen LogP contribution in [-0.4, -0.2) is 58.8 Å². The lowest BCUT2D eigenvalue weighted by atomic mass is 10.0. The van der Waals surface area contributed by atoms with E-state index >= 15 is 0 Å². The first kappa shape index (κ1) is 32.1. The van der Waals surface area contributed by atoms with Crippen LogP contribution in [-0.2, 0) is 14.4 Å². The van der Waals surface area contributed by atoms with Gasteiger partial charge >= 0.3 is 11.9 Å². The lowest BCUT2D eigenvalue weighted by Crippen LogP contribution is -2.59. The third-order valence-electron chi connectivity index (χ3n) is 6.30. The number of allylic oxidation sites excluding steroid dienone is 2. The van der Waals surface area contributed by atoms with Gasteiger partial charge in [0.1, 0.15) is 6.54 Å². The number of nitrogens with zero attached hydrogens (tertiary/aromatic N) is 1. The van der Waals surface area contributed by atoms with E-state index in [1.54, 1.807) is 0 Å². The molecule has 7 nitrogen and oxygen atoms in total. The van der Waals surface area contributed by atoms with Crippen LogP contribution >= 0.6 is 0 Å². The van der Waals surface area contributed by atoms with Gasteiger partial charge in [-0.2, -0.15) is 0 Å². The van der Waals surface area contributed by atoms with E-state index in [0.29, 0.717) is 6.42 Å². The first-order valence-corrected chi connectivity index (χ1v) is 13.4. The Morgan fingerprint density at radius 1 is 0.618 bits per heavy atom. The molecule has 0 heterocycles. The number of unbranched alkanes of at least 4 members (excludes halogenated alkanes) is 15. The van der Waals surface area contributed by atoms with Crippen LogP contribution in [0, 0.1) is 0 Å². The van der Waals surface area contributed by atoms with Crippen molar-refractivity contribution in [3.8, 4) is 0 Å². The number of hydrogen-bond acceptors (Lipinski definition) is 4. The van der Waals surface area contributed by atoms with E-state index in [-0.39, 0.29) is 6.54 Å². The summed E-state index contributed by atoms with van der Waals surface area (Å²) in [6.45, 7) is 0.841. The van der Waals surface area contributed by atoms with Gasteiger partial charge in [0.25, 0.3) is 0 Å². The highest BCUT2D eigenvalue weighted by Gasteiger charge is 2.33. The molecule has 0 unspecified atom stereocenters. The van der Waals surface area contributed by atoms with Crippen LogP contribution in [0.5, 0.6) is 0 Å². The predicted molar refractivity (Wildman–Crippen MR) is 133 cm³/mol. The second-order valence-electron chi connectivity index (χ2n) is 9.70. The minimum absolute atomic E-state index is 0.222. The summed E-state index contributed by atoms with van der Waals surface area (Å²) in [6.07, 6.45) is 24.8. The largest absolute Gasteiger partial charge is 0.544 e. The summed E-state index contributed by atoms with van der Waals surface area (Å²) in [6, 6.07) is 0. The molecule has 2 N–H and O–H groups in total. The fraction of sp³-hybridized carbons (Fsp3) is 0.815. The number of carboxylic acid groups (broad SMARTS) is 3. The fourth-order valence-corrected chi connectivity index (χ4v) is 4.48. The number of hydrogen-bond donors (Lipinski definition) is 2. The summed E-state index contributed by atoms with van der Waals surface area (Å²) < 4.78 is -0.499. The molecule has 0 saturated carbocycles. The lowest BCUT2D eigenvalue weighted by Gasteiger charge is -2.36. The summed E-state index contributed by atoms with van der Waals surface area (Å²) in [5.41, 5.74) is 0. The lowest BCUT2D eigenvalue weighted by molar-refractivity contribution is -0.909. The van der Waals surface area contributed by atoms with Crippen molar-refractivity contribution in [1.29, 1.82) is 0 Å². The van der Waals surface area contributed by atoms with Crippen LogP contribution < -0.4 is 5.11 Å². The molecule has 0 aromatic carbocycles. The zero-order valence-corrected chi connectivity index (χ0v) is 21.5. The van der Waals surface area contributed by atoms with E-state index in [9.17, 15) is 19.5 Å². The Labute approximate surface area is 206 Å². The van der Waals surface area contributed by atoms with E-state index in [2.05, 4.69) is 19.1 Å². The second-order valence-corrected chi connectivity index (χ2v) is 9.70. The van der Waals surface area contributed by atoms with Gasteiger partial charge in [-0.25, -0.2) is 9.59 Å². The third kappa shape index (κ3) is 20.7. The summed E-state index contributed by atoms with van der Waals surface area (Å²) >= 11 is 0.